The summed E-state index contributed by atoms with van der Waals surface area (Å²) in [7, 11) is 1.68. The lowest BCUT2D eigenvalue weighted by Gasteiger charge is -2.14. The van der Waals surface area contributed by atoms with Gasteiger partial charge < -0.3 is 24.8 Å². The van der Waals surface area contributed by atoms with Crippen molar-refractivity contribution in [3.8, 4) is 11.5 Å². The number of fused-ring (bicyclic) bond motifs is 2. The van der Waals surface area contributed by atoms with Crippen molar-refractivity contribution < 1.29 is 24.2 Å². The van der Waals surface area contributed by atoms with E-state index in [1.165, 1.54) is 11.3 Å². The molecule has 4 heterocycles. The number of hydrogen-bond donors (Lipinski definition) is 2. The van der Waals surface area contributed by atoms with Crippen LogP contribution in [0.3, 0.4) is 0 Å². The van der Waals surface area contributed by atoms with Crippen LogP contribution in [0.4, 0.5) is 4.79 Å². The number of likely N-dealkylation sites (tertiary alicyclic amines) is 1. The van der Waals surface area contributed by atoms with Gasteiger partial charge in [-0.1, -0.05) is 0 Å². The van der Waals surface area contributed by atoms with Crippen molar-refractivity contribution in [2.45, 2.75) is 32.3 Å². The number of thiophene rings is 1. The number of carbonyl (C=O) groups is 2. The molecule has 0 unspecified atom stereocenters. The molecule has 0 saturated carbocycles. The molecule has 5 rings (SSSR count). The van der Waals surface area contributed by atoms with Gasteiger partial charge in [-0.3, -0.25) is 14.3 Å². The monoisotopic (exact) mass is 522 g/mol. The highest BCUT2D eigenvalue weighted by Gasteiger charge is 2.28. The number of aliphatic hydroxyl groups is 1. The van der Waals surface area contributed by atoms with Gasteiger partial charge in [0.1, 0.15) is 11.5 Å². The summed E-state index contributed by atoms with van der Waals surface area (Å²) in [5.74, 6) is 1.24. The number of aliphatic hydroxyl groups excluding tert-OH is 1. The first-order valence-electron chi connectivity index (χ1n) is 12.4. The average molecular weight is 523 g/mol. The summed E-state index contributed by atoms with van der Waals surface area (Å²) >= 11 is 1.38. The standard InChI is InChI=1S/C27H30N4O5S/c1-17-13-18-14-19(5-6-22(18)31(17)27(34)29-9-3-4-12-32)36-23-7-10-28-21-15-24(37-25(21)23)26(33)30-11-8-20(16-30)35-2/h5-7,10,13-15,20,32H,3-4,8-9,11-12,16H2,1-2H3,(H,29,34)/t20-/m0/s1. The van der Waals surface area contributed by atoms with Crippen LogP contribution in [0.1, 0.15) is 34.6 Å². The highest BCUT2D eigenvalue weighted by atomic mass is 32.1. The van der Waals surface area contributed by atoms with Crippen molar-refractivity contribution >= 4 is 44.4 Å². The molecule has 4 aromatic rings. The largest absolute Gasteiger partial charge is 0.456 e. The molecule has 9 nitrogen and oxygen atoms in total. The van der Waals surface area contributed by atoms with Crippen molar-refractivity contribution in [3.63, 3.8) is 0 Å². The van der Waals surface area contributed by atoms with Crippen LogP contribution in [0.25, 0.3) is 21.1 Å². The third kappa shape index (κ3) is 5.18. The van der Waals surface area contributed by atoms with Crippen molar-refractivity contribution in [2.75, 3.05) is 33.4 Å². The summed E-state index contributed by atoms with van der Waals surface area (Å²) in [5.41, 5.74) is 2.32. The molecule has 1 saturated heterocycles. The smallest absolute Gasteiger partial charge is 0.326 e. The van der Waals surface area contributed by atoms with Crippen LogP contribution in [0.5, 0.6) is 11.5 Å². The molecule has 0 aliphatic carbocycles. The zero-order chi connectivity index (χ0) is 25.9. The second-order valence-electron chi connectivity index (χ2n) is 9.14. The van der Waals surface area contributed by atoms with E-state index in [2.05, 4.69) is 10.3 Å². The Bertz CT molecular complexity index is 1450. The van der Waals surface area contributed by atoms with E-state index in [4.69, 9.17) is 14.6 Å². The summed E-state index contributed by atoms with van der Waals surface area (Å²) in [6.45, 7) is 3.79. The topological polar surface area (TPSA) is 106 Å². The molecular weight excluding hydrogens is 492 g/mol. The minimum Gasteiger partial charge on any atom is -0.456 e. The molecule has 194 valence electrons. The summed E-state index contributed by atoms with van der Waals surface area (Å²) in [5, 5.41) is 12.7. The van der Waals surface area contributed by atoms with Crippen molar-refractivity contribution in [1.82, 2.24) is 19.8 Å². The Hall–Kier alpha value is -3.47. The van der Waals surface area contributed by atoms with Gasteiger partial charge >= 0.3 is 6.03 Å². The number of aryl methyl sites for hydroxylation is 1. The summed E-state index contributed by atoms with van der Waals surface area (Å²) in [6, 6.07) is 11.0. The van der Waals surface area contributed by atoms with Crippen LogP contribution in [-0.4, -0.2) is 71.0 Å². The fourth-order valence-corrected chi connectivity index (χ4v) is 5.70. The van der Waals surface area contributed by atoms with Crippen LogP contribution in [0.2, 0.25) is 0 Å². The van der Waals surface area contributed by atoms with Gasteiger partial charge in [0.2, 0.25) is 0 Å². The number of nitrogens with zero attached hydrogens (tertiary/aromatic N) is 3. The first-order valence-corrected chi connectivity index (χ1v) is 13.2. The van der Waals surface area contributed by atoms with E-state index >= 15 is 0 Å². The number of pyridine rings is 1. The predicted molar refractivity (Wildman–Crippen MR) is 143 cm³/mol. The van der Waals surface area contributed by atoms with Crippen LogP contribution < -0.4 is 10.1 Å². The first kappa shape index (κ1) is 25.2. The minimum absolute atomic E-state index is 0.0126. The Balaban J connectivity index is 1.36. The van der Waals surface area contributed by atoms with E-state index in [-0.39, 0.29) is 24.6 Å². The molecule has 1 fully saturated rings. The second-order valence-corrected chi connectivity index (χ2v) is 10.2. The molecule has 0 bridgehead atoms. The quantitative estimate of drug-likeness (QED) is 0.329. The van der Waals surface area contributed by atoms with Gasteiger partial charge in [0.25, 0.3) is 5.91 Å². The second kappa shape index (κ2) is 10.9. The Morgan fingerprint density at radius 2 is 2.08 bits per heavy atom. The number of hydrogen-bond acceptors (Lipinski definition) is 7. The molecule has 1 aliphatic heterocycles. The van der Waals surface area contributed by atoms with Gasteiger partial charge in [-0.25, -0.2) is 4.79 Å². The Labute approximate surface area is 218 Å². The van der Waals surface area contributed by atoms with Crippen molar-refractivity contribution in [1.29, 1.82) is 0 Å². The van der Waals surface area contributed by atoms with Gasteiger partial charge in [-0.2, -0.15) is 0 Å². The predicted octanol–water partition coefficient (Wildman–Crippen LogP) is 4.54. The average Bonchev–Trinajstić information content (AvgIpc) is 3.62. The molecule has 1 aromatic carbocycles. The number of ether oxygens (including phenoxy) is 2. The number of unbranched alkanes of at least 4 members (excludes halogenated alkanes) is 1. The minimum atomic E-state index is -0.194. The lowest BCUT2D eigenvalue weighted by molar-refractivity contribution is 0.0728. The molecule has 1 atom stereocenters. The highest BCUT2D eigenvalue weighted by molar-refractivity contribution is 7.21. The van der Waals surface area contributed by atoms with Gasteiger partial charge in [-0.05, 0) is 56.5 Å². The maximum atomic E-state index is 13.0. The fourth-order valence-electron chi connectivity index (χ4n) is 4.66. The molecule has 37 heavy (non-hydrogen) atoms. The lowest BCUT2D eigenvalue weighted by atomic mass is 10.2. The SMILES string of the molecule is CO[C@H]1CCN(C(=O)c2cc3nccc(Oc4ccc5c(c4)cc(C)n5C(=O)NCCCCO)c3s2)C1. The van der Waals surface area contributed by atoms with Gasteiger partial charge in [0.15, 0.2) is 0 Å². The number of nitrogens with one attached hydrogen (secondary N) is 1. The molecule has 1 aliphatic rings. The van der Waals surface area contributed by atoms with E-state index < -0.39 is 0 Å². The maximum absolute atomic E-state index is 13.0. The third-order valence-electron chi connectivity index (χ3n) is 6.60. The number of carbonyl (C=O) groups excluding carboxylic acids is 2. The van der Waals surface area contributed by atoms with Crippen molar-refractivity contribution in [2.24, 2.45) is 0 Å². The molecule has 10 heteroatoms. The zero-order valence-corrected chi connectivity index (χ0v) is 21.7. The number of amides is 2. The molecule has 0 radical (unpaired) electrons. The number of benzene rings is 1. The molecular formula is C27H30N4O5S. The third-order valence-corrected chi connectivity index (χ3v) is 7.73. The van der Waals surface area contributed by atoms with Gasteiger partial charge in [0, 0.05) is 56.7 Å². The number of rotatable bonds is 8. The highest BCUT2D eigenvalue weighted by Crippen LogP contribution is 2.36. The van der Waals surface area contributed by atoms with Gasteiger partial charge in [-0.15, -0.1) is 11.3 Å². The fraction of sp³-hybridized carbons (Fsp3) is 0.370. The normalized spacial score (nSPS) is 15.5. The van der Waals surface area contributed by atoms with Crippen LogP contribution in [-0.2, 0) is 4.74 Å². The van der Waals surface area contributed by atoms with Crippen LogP contribution >= 0.6 is 11.3 Å². The Kier molecular flexibility index (Phi) is 7.40. The zero-order valence-electron chi connectivity index (χ0n) is 20.9. The van der Waals surface area contributed by atoms with E-state index in [1.54, 1.807) is 23.9 Å². The number of aromatic nitrogens is 2. The Morgan fingerprint density at radius 3 is 2.86 bits per heavy atom. The molecule has 3 aromatic heterocycles. The van der Waals surface area contributed by atoms with Crippen molar-refractivity contribution in [3.05, 3.63) is 53.2 Å². The maximum Gasteiger partial charge on any atom is 0.326 e. The summed E-state index contributed by atoms with van der Waals surface area (Å²) in [4.78, 5) is 32.7. The van der Waals surface area contributed by atoms with Crippen LogP contribution in [0, 0.1) is 6.92 Å². The van der Waals surface area contributed by atoms with E-state index in [9.17, 15) is 9.59 Å². The molecule has 2 N–H and O–H groups in total. The molecule has 2 amide bonds. The van der Waals surface area contributed by atoms with E-state index in [0.717, 1.165) is 34.1 Å². The van der Waals surface area contributed by atoms with E-state index in [0.29, 0.717) is 47.9 Å². The molecule has 0 spiro atoms. The van der Waals surface area contributed by atoms with E-state index in [1.807, 2.05) is 42.2 Å². The Morgan fingerprint density at radius 1 is 1.22 bits per heavy atom. The van der Waals surface area contributed by atoms with Gasteiger partial charge in [0.05, 0.1) is 26.7 Å². The summed E-state index contributed by atoms with van der Waals surface area (Å²) < 4.78 is 14.1. The lowest BCUT2D eigenvalue weighted by Crippen LogP contribution is -2.30. The summed E-state index contributed by atoms with van der Waals surface area (Å²) in [6.07, 6.45) is 3.98. The van der Waals surface area contributed by atoms with Crippen LogP contribution in [0.15, 0.2) is 42.6 Å². The first-order chi connectivity index (χ1) is 18.0. The number of methoxy groups -OCH3 is 1.